The molecule has 0 saturated heterocycles. The van der Waals surface area contributed by atoms with E-state index in [1.165, 1.54) is 23.5 Å². The second-order valence-corrected chi connectivity index (χ2v) is 5.23. The van der Waals surface area contributed by atoms with Gasteiger partial charge < -0.3 is 10.0 Å². The molecule has 0 aliphatic heterocycles. The molecular weight excluding hydrogens is 265 g/mol. The number of rotatable bonds is 5. The summed E-state index contributed by atoms with van der Waals surface area (Å²) in [6, 6.07) is 9.74. The van der Waals surface area contributed by atoms with Gasteiger partial charge in [0.25, 0.3) is 0 Å². The Morgan fingerprint density at radius 2 is 1.95 bits per heavy atom. The van der Waals surface area contributed by atoms with E-state index < -0.39 is 5.97 Å². The number of hydrogen-bond donors (Lipinski definition) is 1. The van der Waals surface area contributed by atoms with Crippen LogP contribution >= 0.6 is 11.3 Å². The van der Waals surface area contributed by atoms with Gasteiger partial charge in [-0.2, -0.15) is 0 Å². The average Bonchev–Trinajstić information content (AvgIpc) is 2.86. The highest BCUT2D eigenvalue weighted by molar-refractivity contribution is 7.13. The summed E-state index contributed by atoms with van der Waals surface area (Å²) in [4.78, 5) is 14.2. The molecule has 0 aliphatic rings. The van der Waals surface area contributed by atoms with Gasteiger partial charge in [-0.15, -0.1) is 11.3 Å². The van der Waals surface area contributed by atoms with Crippen molar-refractivity contribution in [3.8, 4) is 0 Å². The molecule has 0 saturated carbocycles. The van der Waals surface area contributed by atoms with E-state index in [-0.39, 0.29) is 5.82 Å². The minimum Gasteiger partial charge on any atom is -0.477 e. The third-order valence-electron chi connectivity index (χ3n) is 2.79. The van der Waals surface area contributed by atoms with Crippen molar-refractivity contribution in [2.24, 2.45) is 0 Å². The Bertz CT molecular complexity index is 565. The lowest BCUT2D eigenvalue weighted by molar-refractivity contribution is 0.0702. The summed E-state index contributed by atoms with van der Waals surface area (Å²) in [6.45, 7) is 3.40. The Morgan fingerprint density at radius 3 is 2.47 bits per heavy atom. The number of halogens is 1. The van der Waals surface area contributed by atoms with Gasteiger partial charge >= 0.3 is 5.97 Å². The molecule has 2 rings (SSSR count). The summed E-state index contributed by atoms with van der Waals surface area (Å²) < 4.78 is 12.9. The summed E-state index contributed by atoms with van der Waals surface area (Å²) >= 11 is 1.27. The first kappa shape index (κ1) is 13.5. The van der Waals surface area contributed by atoms with Crippen LogP contribution in [0.4, 0.5) is 10.1 Å². The molecule has 19 heavy (non-hydrogen) atoms. The zero-order valence-corrected chi connectivity index (χ0v) is 11.3. The van der Waals surface area contributed by atoms with E-state index in [4.69, 9.17) is 5.11 Å². The predicted molar refractivity (Wildman–Crippen MR) is 74.4 cm³/mol. The van der Waals surface area contributed by atoms with Gasteiger partial charge in [0.05, 0.1) is 6.54 Å². The second-order valence-electron chi connectivity index (χ2n) is 4.06. The number of thiophene rings is 1. The molecule has 0 fully saturated rings. The first-order valence-electron chi connectivity index (χ1n) is 5.92. The summed E-state index contributed by atoms with van der Waals surface area (Å²) in [5.41, 5.74) is 0.925. The zero-order valence-electron chi connectivity index (χ0n) is 10.5. The largest absolute Gasteiger partial charge is 0.477 e. The van der Waals surface area contributed by atoms with Crippen molar-refractivity contribution in [2.75, 3.05) is 11.4 Å². The molecule has 1 aromatic carbocycles. The SMILES string of the molecule is CCN(Cc1ccc(C(=O)O)s1)c1ccc(F)cc1. The first-order valence-corrected chi connectivity index (χ1v) is 6.74. The fourth-order valence-corrected chi connectivity index (χ4v) is 2.67. The lowest BCUT2D eigenvalue weighted by Crippen LogP contribution is -2.21. The van der Waals surface area contributed by atoms with Crippen LogP contribution in [0.5, 0.6) is 0 Å². The number of nitrogens with zero attached hydrogens (tertiary/aromatic N) is 1. The molecule has 0 radical (unpaired) electrons. The van der Waals surface area contributed by atoms with E-state index >= 15 is 0 Å². The van der Waals surface area contributed by atoms with Gasteiger partial charge in [0.2, 0.25) is 0 Å². The third kappa shape index (κ3) is 3.32. The smallest absolute Gasteiger partial charge is 0.345 e. The van der Waals surface area contributed by atoms with Crippen molar-refractivity contribution in [1.82, 2.24) is 0 Å². The van der Waals surface area contributed by atoms with Gasteiger partial charge in [-0.05, 0) is 43.3 Å². The van der Waals surface area contributed by atoms with Gasteiger partial charge in [-0.1, -0.05) is 0 Å². The van der Waals surface area contributed by atoms with Crippen molar-refractivity contribution in [2.45, 2.75) is 13.5 Å². The molecule has 0 aliphatic carbocycles. The van der Waals surface area contributed by atoms with Crippen LogP contribution in [0.1, 0.15) is 21.5 Å². The van der Waals surface area contributed by atoms with E-state index in [1.807, 2.05) is 13.0 Å². The highest BCUT2D eigenvalue weighted by Gasteiger charge is 2.10. The molecule has 5 heteroatoms. The maximum Gasteiger partial charge on any atom is 0.345 e. The van der Waals surface area contributed by atoms with Crippen molar-refractivity contribution >= 4 is 23.0 Å². The lowest BCUT2D eigenvalue weighted by atomic mass is 10.2. The van der Waals surface area contributed by atoms with E-state index in [0.717, 1.165) is 17.1 Å². The first-order chi connectivity index (χ1) is 9.10. The molecule has 3 nitrogen and oxygen atoms in total. The van der Waals surface area contributed by atoms with Crippen LogP contribution < -0.4 is 4.90 Å². The van der Waals surface area contributed by atoms with Crippen LogP contribution in [0.2, 0.25) is 0 Å². The van der Waals surface area contributed by atoms with Gasteiger partial charge in [-0.25, -0.2) is 9.18 Å². The van der Waals surface area contributed by atoms with E-state index in [2.05, 4.69) is 4.90 Å². The number of hydrogen-bond acceptors (Lipinski definition) is 3. The molecule has 100 valence electrons. The fraction of sp³-hybridized carbons (Fsp3) is 0.214. The third-order valence-corrected chi connectivity index (χ3v) is 3.85. The Kier molecular flexibility index (Phi) is 4.16. The van der Waals surface area contributed by atoms with Crippen molar-refractivity contribution in [1.29, 1.82) is 0 Å². The molecule has 0 unspecified atom stereocenters. The molecule has 0 bridgehead atoms. The average molecular weight is 279 g/mol. The highest BCUT2D eigenvalue weighted by atomic mass is 32.1. The van der Waals surface area contributed by atoms with E-state index in [1.54, 1.807) is 18.2 Å². The van der Waals surface area contributed by atoms with Gasteiger partial charge in [-0.3, -0.25) is 0 Å². The van der Waals surface area contributed by atoms with Crippen molar-refractivity contribution in [3.63, 3.8) is 0 Å². The quantitative estimate of drug-likeness (QED) is 0.909. The summed E-state index contributed by atoms with van der Waals surface area (Å²) in [6.07, 6.45) is 0. The van der Waals surface area contributed by atoms with E-state index in [9.17, 15) is 9.18 Å². The Hall–Kier alpha value is -1.88. The number of carboxylic acid groups (broad SMARTS) is 1. The summed E-state index contributed by atoms with van der Waals surface area (Å²) in [7, 11) is 0. The van der Waals surface area contributed by atoms with Crippen LogP contribution in [-0.2, 0) is 6.54 Å². The molecule has 0 amide bonds. The van der Waals surface area contributed by atoms with Crippen LogP contribution in [0.3, 0.4) is 0 Å². The summed E-state index contributed by atoms with van der Waals surface area (Å²) in [5, 5.41) is 8.89. The molecule has 1 heterocycles. The maximum absolute atomic E-state index is 12.9. The number of carboxylic acids is 1. The lowest BCUT2D eigenvalue weighted by Gasteiger charge is -2.22. The molecule has 1 N–H and O–H groups in total. The van der Waals surface area contributed by atoms with Gasteiger partial charge in [0, 0.05) is 17.1 Å². The number of carbonyl (C=O) groups is 1. The minimum atomic E-state index is -0.902. The minimum absolute atomic E-state index is 0.260. The number of aromatic carboxylic acids is 1. The number of benzene rings is 1. The zero-order chi connectivity index (χ0) is 13.8. The molecule has 2 aromatic rings. The Labute approximate surface area is 114 Å². The van der Waals surface area contributed by atoms with Gasteiger partial charge in [0.15, 0.2) is 0 Å². The Morgan fingerprint density at radius 1 is 1.26 bits per heavy atom. The van der Waals surface area contributed by atoms with Gasteiger partial charge in [0.1, 0.15) is 10.7 Å². The van der Waals surface area contributed by atoms with Crippen LogP contribution in [-0.4, -0.2) is 17.6 Å². The fourth-order valence-electron chi connectivity index (χ4n) is 1.80. The van der Waals surface area contributed by atoms with Crippen LogP contribution in [0.25, 0.3) is 0 Å². The number of anilines is 1. The second kappa shape index (κ2) is 5.84. The van der Waals surface area contributed by atoms with Crippen molar-refractivity contribution in [3.05, 3.63) is 52.0 Å². The van der Waals surface area contributed by atoms with Crippen LogP contribution in [0.15, 0.2) is 36.4 Å². The molecular formula is C14H14FNO2S. The van der Waals surface area contributed by atoms with Crippen molar-refractivity contribution < 1.29 is 14.3 Å². The molecule has 1 aromatic heterocycles. The predicted octanol–water partition coefficient (Wildman–Crippen LogP) is 3.61. The maximum atomic E-state index is 12.9. The molecule has 0 atom stereocenters. The summed E-state index contributed by atoms with van der Waals surface area (Å²) in [5.74, 6) is -1.16. The normalized spacial score (nSPS) is 10.4. The topological polar surface area (TPSA) is 40.5 Å². The standard InChI is InChI=1S/C14H14FNO2S/c1-2-16(11-5-3-10(15)4-6-11)9-12-7-8-13(19-12)14(17)18/h3-8H,2,9H2,1H3,(H,17,18). The molecule has 0 spiro atoms. The Balaban J connectivity index is 2.14. The van der Waals surface area contributed by atoms with E-state index in [0.29, 0.717) is 11.4 Å². The highest BCUT2D eigenvalue weighted by Crippen LogP contribution is 2.22. The van der Waals surface area contributed by atoms with Crippen LogP contribution in [0, 0.1) is 5.82 Å². The monoisotopic (exact) mass is 279 g/mol.